The zero-order valence-electron chi connectivity index (χ0n) is 16.9. The van der Waals surface area contributed by atoms with E-state index in [9.17, 15) is 13.2 Å². The van der Waals surface area contributed by atoms with E-state index >= 15 is 0 Å². The minimum atomic E-state index is -4.38. The van der Waals surface area contributed by atoms with Crippen LogP contribution in [0.3, 0.4) is 0 Å². The van der Waals surface area contributed by atoms with Crippen LogP contribution in [0.25, 0.3) is 5.65 Å². The number of rotatable bonds is 4. The first-order valence-corrected chi connectivity index (χ1v) is 9.88. The lowest BCUT2D eigenvalue weighted by molar-refractivity contribution is -0.137. The molecule has 0 saturated heterocycles. The SMILES string of the molecule is CN(/N=C/c1cnc2ccc(N3C=CC=NC3)cn12)C(=S)Nc1ccc(C(F)(F)F)cc1. The number of nitrogens with one attached hydrogen (secondary N) is 1. The first-order valence-electron chi connectivity index (χ1n) is 9.47. The Labute approximate surface area is 187 Å². The number of halogens is 3. The van der Waals surface area contributed by atoms with Crippen molar-refractivity contribution in [3.8, 4) is 0 Å². The zero-order valence-corrected chi connectivity index (χ0v) is 17.7. The van der Waals surface area contributed by atoms with Crippen molar-refractivity contribution in [1.82, 2.24) is 14.4 Å². The number of aliphatic imine (C=N–C) groups is 1. The highest BCUT2D eigenvalue weighted by Crippen LogP contribution is 2.29. The number of aromatic nitrogens is 2. The Morgan fingerprint density at radius 2 is 2.00 bits per heavy atom. The van der Waals surface area contributed by atoms with Crippen molar-refractivity contribution in [2.45, 2.75) is 6.18 Å². The van der Waals surface area contributed by atoms with Crippen LogP contribution in [0.5, 0.6) is 0 Å². The van der Waals surface area contributed by atoms with E-state index in [4.69, 9.17) is 12.2 Å². The number of hydrogen-bond acceptors (Lipinski definition) is 5. The number of benzene rings is 1. The maximum atomic E-state index is 12.7. The van der Waals surface area contributed by atoms with Gasteiger partial charge in [-0.3, -0.25) is 9.39 Å². The Bertz CT molecular complexity index is 1210. The van der Waals surface area contributed by atoms with Crippen molar-refractivity contribution < 1.29 is 13.2 Å². The van der Waals surface area contributed by atoms with Crippen molar-refractivity contribution in [2.75, 3.05) is 23.9 Å². The second-order valence-corrected chi connectivity index (χ2v) is 7.24. The molecule has 0 aliphatic carbocycles. The fraction of sp³-hybridized carbons (Fsp3) is 0.143. The number of pyridine rings is 1. The average molecular weight is 457 g/mol. The summed E-state index contributed by atoms with van der Waals surface area (Å²) in [6.07, 6.45) is 6.41. The molecule has 1 aliphatic rings. The number of allylic oxidation sites excluding steroid dienone is 1. The summed E-state index contributed by atoms with van der Waals surface area (Å²) in [5.74, 6) is 0. The Hall–Kier alpha value is -3.73. The van der Waals surface area contributed by atoms with E-state index in [-0.39, 0.29) is 5.11 Å². The summed E-state index contributed by atoms with van der Waals surface area (Å²) in [6.45, 7) is 0.534. The van der Waals surface area contributed by atoms with Crippen LogP contribution in [0.15, 0.2) is 71.2 Å². The van der Waals surface area contributed by atoms with Gasteiger partial charge in [-0.1, -0.05) is 0 Å². The summed E-state index contributed by atoms with van der Waals surface area (Å²) in [5.41, 5.74) is 2.15. The van der Waals surface area contributed by atoms with Crippen LogP contribution < -0.4 is 10.2 Å². The van der Waals surface area contributed by atoms with E-state index in [1.165, 1.54) is 17.1 Å². The van der Waals surface area contributed by atoms with Gasteiger partial charge in [-0.05, 0) is 54.7 Å². The number of alkyl halides is 3. The molecule has 0 bridgehead atoms. The minimum absolute atomic E-state index is 0.229. The lowest BCUT2D eigenvalue weighted by atomic mass is 10.2. The van der Waals surface area contributed by atoms with Crippen molar-refractivity contribution in [3.63, 3.8) is 0 Å². The van der Waals surface area contributed by atoms with E-state index in [0.717, 1.165) is 29.2 Å². The lowest BCUT2D eigenvalue weighted by Gasteiger charge is -2.20. The van der Waals surface area contributed by atoms with Gasteiger partial charge in [0.25, 0.3) is 0 Å². The second kappa shape index (κ2) is 8.79. The van der Waals surface area contributed by atoms with Crippen LogP contribution in [-0.2, 0) is 6.18 Å². The molecule has 0 radical (unpaired) electrons. The molecule has 1 aliphatic heterocycles. The van der Waals surface area contributed by atoms with Gasteiger partial charge in [0.15, 0.2) is 5.11 Å². The number of nitrogens with zero attached hydrogens (tertiary/aromatic N) is 6. The maximum absolute atomic E-state index is 12.7. The Morgan fingerprint density at radius 1 is 1.22 bits per heavy atom. The van der Waals surface area contributed by atoms with E-state index < -0.39 is 11.7 Å². The third-order valence-corrected chi connectivity index (χ3v) is 5.03. The molecule has 0 unspecified atom stereocenters. The zero-order chi connectivity index (χ0) is 22.7. The summed E-state index contributed by atoms with van der Waals surface area (Å²) < 4.78 is 40.0. The number of hydrogen-bond donors (Lipinski definition) is 1. The monoisotopic (exact) mass is 457 g/mol. The molecule has 32 heavy (non-hydrogen) atoms. The highest BCUT2D eigenvalue weighted by Gasteiger charge is 2.29. The Morgan fingerprint density at radius 3 is 2.69 bits per heavy atom. The number of imidazole rings is 1. The predicted octanol–water partition coefficient (Wildman–Crippen LogP) is 4.38. The molecule has 1 aromatic carbocycles. The van der Waals surface area contributed by atoms with Gasteiger partial charge in [0, 0.05) is 31.3 Å². The normalized spacial score (nSPS) is 13.8. The summed E-state index contributed by atoms with van der Waals surface area (Å²) in [7, 11) is 1.64. The molecule has 3 aromatic rings. The van der Waals surface area contributed by atoms with Gasteiger partial charge >= 0.3 is 6.18 Å². The Balaban J connectivity index is 1.45. The first kappa shape index (κ1) is 21.5. The van der Waals surface area contributed by atoms with Crippen molar-refractivity contribution in [2.24, 2.45) is 10.1 Å². The van der Waals surface area contributed by atoms with E-state index in [1.807, 2.05) is 39.9 Å². The van der Waals surface area contributed by atoms with Crippen LogP contribution in [0.4, 0.5) is 24.5 Å². The third kappa shape index (κ3) is 4.78. The smallest absolute Gasteiger partial charge is 0.331 e. The van der Waals surface area contributed by atoms with Crippen LogP contribution in [0.1, 0.15) is 11.3 Å². The molecule has 1 N–H and O–H groups in total. The molecule has 164 valence electrons. The summed E-state index contributed by atoms with van der Waals surface area (Å²) in [6, 6.07) is 8.48. The second-order valence-electron chi connectivity index (χ2n) is 6.86. The molecular formula is C21H18F3N7S. The largest absolute Gasteiger partial charge is 0.416 e. The number of fused-ring (bicyclic) bond motifs is 1. The molecule has 3 heterocycles. The maximum Gasteiger partial charge on any atom is 0.416 e. The van der Waals surface area contributed by atoms with Crippen molar-refractivity contribution >= 4 is 46.8 Å². The molecule has 2 aromatic heterocycles. The van der Waals surface area contributed by atoms with Gasteiger partial charge in [-0.2, -0.15) is 18.3 Å². The third-order valence-electron chi connectivity index (χ3n) is 4.66. The quantitative estimate of drug-likeness (QED) is 0.358. The number of hydrazone groups is 1. The fourth-order valence-electron chi connectivity index (χ4n) is 2.95. The van der Waals surface area contributed by atoms with Crippen LogP contribution >= 0.6 is 12.2 Å². The van der Waals surface area contributed by atoms with Crippen molar-refractivity contribution in [1.29, 1.82) is 0 Å². The molecule has 11 heteroatoms. The summed E-state index contributed by atoms with van der Waals surface area (Å²) in [5, 5.41) is 8.83. The average Bonchev–Trinajstić information content (AvgIpc) is 3.20. The summed E-state index contributed by atoms with van der Waals surface area (Å²) in [4.78, 5) is 10.6. The topological polar surface area (TPSA) is 60.5 Å². The van der Waals surface area contributed by atoms with Gasteiger partial charge in [0.1, 0.15) is 12.3 Å². The lowest BCUT2D eigenvalue weighted by Crippen LogP contribution is -2.26. The standard InChI is InChI=1S/C21H18F3N7S/c1-29(20(32)28-16-5-3-15(4-6-16)21(22,23)24)27-12-18-11-26-19-8-7-17(13-31(18)19)30-10-2-9-25-14-30/h2-13H,14H2,1H3,(H,28,32)/b27-12+. The predicted molar refractivity (Wildman–Crippen MR) is 123 cm³/mol. The number of thiocarbonyl (C=S) groups is 1. The molecule has 0 saturated carbocycles. The molecule has 0 spiro atoms. The molecule has 0 fully saturated rings. The van der Waals surface area contributed by atoms with Crippen LogP contribution in [0, 0.1) is 0 Å². The first-order chi connectivity index (χ1) is 15.3. The van der Waals surface area contributed by atoms with Crippen LogP contribution in [-0.4, -0.2) is 45.7 Å². The molecule has 0 atom stereocenters. The van der Waals surface area contributed by atoms with Gasteiger partial charge in [-0.25, -0.2) is 9.99 Å². The van der Waals surface area contributed by atoms with Gasteiger partial charge < -0.3 is 10.2 Å². The molecular weight excluding hydrogens is 439 g/mol. The van der Waals surface area contributed by atoms with Gasteiger partial charge in [-0.15, -0.1) is 0 Å². The van der Waals surface area contributed by atoms with E-state index in [1.54, 1.807) is 25.7 Å². The molecule has 4 rings (SSSR count). The van der Waals surface area contributed by atoms with E-state index in [0.29, 0.717) is 12.4 Å². The van der Waals surface area contributed by atoms with E-state index in [2.05, 4.69) is 20.4 Å². The highest BCUT2D eigenvalue weighted by atomic mass is 32.1. The minimum Gasteiger partial charge on any atom is -0.331 e. The molecule has 7 nitrogen and oxygen atoms in total. The highest BCUT2D eigenvalue weighted by molar-refractivity contribution is 7.80. The fourth-order valence-corrected chi connectivity index (χ4v) is 3.12. The number of anilines is 2. The van der Waals surface area contributed by atoms with Gasteiger partial charge in [0.05, 0.1) is 29.4 Å². The van der Waals surface area contributed by atoms with Gasteiger partial charge in [0.2, 0.25) is 0 Å². The molecule has 0 amide bonds. The van der Waals surface area contributed by atoms with Crippen molar-refractivity contribution in [3.05, 3.63) is 72.3 Å². The Kier molecular flexibility index (Phi) is 5.91. The van der Waals surface area contributed by atoms with Crippen LogP contribution in [0.2, 0.25) is 0 Å². The summed E-state index contributed by atoms with van der Waals surface area (Å²) >= 11 is 5.29.